The van der Waals surface area contributed by atoms with Crippen molar-refractivity contribution in [2.24, 2.45) is 17.6 Å². The van der Waals surface area contributed by atoms with E-state index in [1.54, 1.807) is 0 Å². The average molecular weight is 259 g/mol. The number of ether oxygens (including phenoxy) is 1. The highest BCUT2D eigenvalue weighted by Crippen LogP contribution is 2.41. The molecule has 2 unspecified atom stereocenters. The van der Waals surface area contributed by atoms with Gasteiger partial charge in [-0.15, -0.1) is 0 Å². The highest BCUT2D eigenvalue weighted by molar-refractivity contribution is 5.40. The first kappa shape index (κ1) is 13.0. The van der Waals surface area contributed by atoms with Gasteiger partial charge in [-0.25, -0.2) is 0 Å². The van der Waals surface area contributed by atoms with Crippen LogP contribution in [0.4, 0.5) is 0 Å². The standard InChI is InChI=1S/C17H25NO/c1-2-12-7-9-13(10-8-12)17(18)15-11-19-16-6-4-3-5-14(15)16/h3-6,12-13,15,17H,2,7-11,18H2,1H3. The fourth-order valence-corrected chi connectivity index (χ4v) is 3.82. The first-order valence-electron chi connectivity index (χ1n) is 7.77. The Labute approximate surface area is 116 Å². The van der Waals surface area contributed by atoms with Crippen LogP contribution in [0.3, 0.4) is 0 Å². The average Bonchev–Trinajstić information content (AvgIpc) is 2.90. The normalized spacial score (nSPS) is 31.6. The quantitative estimate of drug-likeness (QED) is 0.898. The van der Waals surface area contributed by atoms with Gasteiger partial charge in [0, 0.05) is 17.5 Å². The molecule has 0 saturated heterocycles. The molecular weight excluding hydrogens is 234 g/mol. The van der Waals surface area contributed by atoms with Crippen molar-refractivity contribution in [2.45, 2.75) is 51.0 Å². The third-order valence-electron chi connectivity index (χ3n) is 5.21. The van der Waals surface area contributed by atoms with E-state index in [1.165, 1.54) is 37.7 Å². The lowest BCUT2D eigenvalue weighted by molar-refractivity contribution is 0.208. The van der Waals surface area contributed by atoms with Gasteiger partial charge in [-0.3, -0.25) is 0 Å². The zero-order chi connectivity index (χ0) is 13.2. The molecule has 2 aliphatic rings. The molecule has 19 heavy (non-hydrogen) atoms. The lowest BCUT2D eigenvalue weighted by Crippen LogP contribution is -2.39. The Hall–Kier alpha value is -1.02. The molecule has 104 valence electrons. The molecule has 1 saturated carbocycles. The van der Waals surface area contributed by atoms with E-state index < -0.39 is 0 Å². The molecule has 1 heterocycles. The number of para-hydroxylation sites is 1. The third-order valence-corrected chi connectivity index (χ3v) is 5.21. The van der Waals surface area contributed by atoms with Gasteiger partial charge in [-0.05, 0) is 30.7 Å². The van der Waals surface area contributed by atoms with Gasteiger partial charge in [-0.2, -0.15) is 0 Å². The van der Waals surface area contributed by atoms with Gasteiger partial charge in [0.2, 0.25) is 0 Å². The van der Waals surface area contributed by atoms with Crippen LogP contribution in [0, 0.1) is 11.8 Å². The van der Waals surface area contributed by atoms with Gasteiger partial charge in [0.1, 0.15) is 5.75 Å². The highest BCUT2D eigenvalue weighted by atomic mass is 16.5. The van der Waals surface area contributed by atoms with Crippen molar-refractivity contribution in [1.82, 2.24) is 0 Å². The molecule has 0 spiro atoms. The SMILES string of the molecule is CCC1CCC(C(N)C2COc3ccccc32)CC1. The van der Waals surface area contributed by atoms with E-state index in [1.807, 2.05) is 6.07 Å². The van der Waals surface area contributed by atoms with Gasteiger partial charge in [0.05, 0.1) is 6.61 Å². The Bertz CT molecular complexity index is 423. The summed E-state index contributed by atoms with van der Waals surface area (Å²) in [4.78, 5) is 0. The minimum atomic E-state index is 0.265. The Kier molecular flexibility index (Phi) is 3.79. The number of nitrogens with two attached hydrogens (primary N) is 1. The zero-order valence-corrected chi connectivity index (χ0v) is 11.8. The molecule has 0 bridgehead atoms. The van der Waals surface area contributed by atoms with E-state index >= 15 is 0 Å². The van der Waals surface area contributed by atoms with Crippen molar-refractivity contribution in [2.75, 3.05) is 6.61 Å². The molecule has 0 aromatic heterocycles. The summed E-state index contributed by atoms with van der Waals surface area (Å²) in [5.41, 5.74) is 7.90. The van der Waals surface area contributed by atoms with Gasteiger partial charge in [0.15, 0.2) is 0 Å². The summed E-state index contributed by atoms with van der Waals surface area (Å²) in [5.74, 6) is 3.07. The summed E-state index contributed by atoms with van der Waals surface area (Å²) >= 11 is 0. The minimum absolute atomic E-state index is 0.265. The van der Waals surface area contributed by atoms with Crippen molar-refractivity contribution in [1.29, 1.82) is 0 Å². The second kappa shape index (κ2) is 5.54. The van der Waals surface area contributed by atoms with Crippen LogP contribution in [0.1, 0.15) is 50.5 Å². The van der Waals surface area contributed by atoms with Gasteiger partial charge in [0.25, 0.3) is 0 Å². The molecule has 3 rings (SSSR count). The van der Waals surface area contributed by atoms with Gasteiger partial charge in [-0.1, -0.05) is 44.4 Å². The summed E-state index contributed by atoms with van der Waals surface area (Å²) in [7, 11) is 0. The molecule has 0 amide bonds. The van der Waals surface area contributed by atoms with Crippen LogP contribution in [0.5, 0.6) is 5.75 Å². The summed E-state index contributed by atoms with van der Waals surface area (Å²) in [6, 6.07) is 8.66. The predicted octanol–water partition coefficient (Wildman–Crippen LogP) is 3.71. The van der Waals surface area contributed by atoms with Crippen molar-refractivity contribution in [3.05, 3.63) is 29.8 Å². The smallest absolute Gasteiger partial charge is 0.122 e. The maximum Gasteiger partial charge on any atom is 0.122 e. The van der Waals surface area contributed by atoms with Crippen LogP contribution in [-0.4, -0.2) is 12.6 Å². The molecule has 1 fully saturated rings. The second-order valence-electron chi connectivity index (χ2n) is 6.22. The highest BCUT2D eigenvalue weighted by Gasteiger charge is 2.35. The molecule has 0 radical (unpaired) electrons. The minimum Gasteiger partial charge on any atom is -0.493 e. The van der Waals surface area contributed by atoms with E-state index in [-0.39, 0.29) is 6.04 Å². The Morgan fingerprint density at radius 2 is 1.95 bits per heavy atom. The van der Waals surface area contributed by atoms with Gasteiger partial charge >= 0.3 is 0 Å². The molecule has 1 aromatic carbocycles. The fourth-order valence-electron chi connectivity index (χ4n) is 3.82. The maximum atomic E-state index is 6.58. The van der Waals surface area contributed by atoms with E-state index in [9.17, 15) is 0 Å². The summed E-state index contributed by atoms with van der Waals surface area (Å²) < 4.78 is 5.79. The van der Waals surface area contributed by atoms with Gasteiger partial charge < -0.3 is 10.5 Å². The van der Waals surface area contributed by atoms with E-state index in [0.717, 1.165) is 18.3 Å². The number of hydrogen-bond acceptors (Lipinski definition) is 2. The zero-order valence-electron chi connectivity index (χ0n) is 11.8. The van der Waals surface area contributed by atoms with E-state index in [2.05, 4.69) is 25.1 Å². The van der Waals surface area contributed by atoms with Crippen molar-refractivity contribution < 1.29 is 4.74 Å². The van der Waals surface area contributed by atoms with Crippen molar-refractivity contribution in [3.8, 4) is 5.75 Å². The number of rotatable bonds is 3. The van der Waals surface area contributed by atoms with Crippen LogP contribution in [-0.2, 0) is 0 Å². The number of benzene rings is 1. The summed E-state index contributed by atoms with van der Waals surface area (Å²) in [6.45, 7) is 3.08. The largest absolute Gasteiger partial charge is 0.493 e. The van der Waals surface area contributed by atoms with Crippen LogP contribution >= 0.6 is 0 Å². The maximum absolute atomic E-state index is 6.58. The van der Waals surface area contributed by atoms with Crippen molar-refractivity contribution in [3.63, 3.8) is 0 Å². The lowest BCUT2D eigenvalue weighted by Gasteiger charge is -2.34. The molecule has 2 nitrogen and oxygen atoms in total. The Balaban J connectivity index is 1.67. The second-order valence-corrected chi connectivity index (χ2v) is 6.22. The van der Waals surface area contributed by atoms with Crippen LogP contribution < -0.4 is 10.5 Å². The molecule has 1 aliphatic heterocycles. The van der Waals surface area contributed by atoms with E-state index in [4.69, 9.17) is 10.5 Å². The summed E-state index contributed by atoms with van der Waals surface area (Å²) in [5, 5.41) is 0. The molecule has 1 aromatic rings. The lowest BCUT2D eigenvalue weighted by atomic mass is 9.74. The third kappa shape index (κ3) is 2.51. The fraction of sp³-hybridized carbons (Fsp3) is 0.647. The predicted molar refractivity (Wildman–Crippen MR) is 78.4 cm³/mol. The van der Waals surface area contributed by atoms with Crippen LogP contribution in [0.25, 0.3) is 0 Å². The van der Waals surface area contributed by atoms with Crippen LogP contribution in [0.15, 0.2) is 24.3 Å². The first-order chi connectivity index (χ1) is 9.29. The number of hydrogen-bond donors (Lipinski definition) is 1. The Morgan fingerprint density at radius 1 is 1.21 bits per heavy atom. The molecule has 2 heteroatoms. The number of fused-ring (bicyclic) bond motifs is 1. The molecule has 1 aliphatic carbocycles. The summed E-state index contributed by atoms with van der Waals surface area (Å²) in [6.07, 6.45) is 6.67. The molecular formula is C17H25NO. The monoisotopic (exact) mass is 259 g/mol. The van der Waals surface area contributed by atoms with Crippen molar-refractivity contribution >= 4 is 0 Å². The molecule has 2 N–H and O–H groups in total. The first-order valence-corrected chi connectivity index (χ1v) is 7.77. The van der Waals surface area contributed by atoms with E-state index in [0.29, 0.717) is 11.8 Å². The topological polar surface area (TPSA) is 35.2 Å². The Morgan fingerprint density at radius 3 is 2.68 bits per heavy atom. The van der Waals surface area contributed by atoms with Crippen LogP contribution in [0.2, 0.25) is 0 Å². The molecule has 2 atom stereocenters.